The van der Waals surface area contributed by atoms with E-state index in [9.17, 15) is 18.3 Å². The highest BCUT2D eigenvalue weighted by Crippen LogP contribution is 2.22. The number of phenols is 1. The molecule has 1 aromatic carbocycles. The van der Waals surface area contributed by atoms with Gasteiger partial charge in [0.2, 0.25) is 0 Å². The quantitative estimate of drug-likeness (QED) is 0.256. The van der Waals surface area contributed by atoms with E-state index in [1.807, 2.05) is 0 Å². The molecule has 0 bridgehead atoms. The summed E-state index contributed by atoms with van der Waals surface area (Å²) in [6.45, 7) is 2.43. The highest BCUT2D eigenvalue weighted by Gasteiger charge is 2.18. The Balaban J connectivity index is 2.18. The monoisotopic (exact) mass is 400 g/mol. The van der Waals surface area contributed by atoms with Crippen LogP contribution in [-0.4, -0.2) is 30.7 Å². The fourth-order valence-corrected chi connectivity index (χ4v) is 3.35. The lowest BCUT2D eigenvalue weighted by atomic mass is 10.1. The van der Waals surface area contributed by atoms with Crippen LogP contribution in [0, 0.1) is 0 Å². The molecule has 0 aliphatic rings. The van der Waals surface area contributed by atoms with Crippen molar-refractivity contribution in [1.82, 2.24) is 0 Å². The Bertz CT molecular complexity index is 669. The number of aromatic hydroxyl groups is 1. The zero-order valence-corrected chi connectivity index (χ0v) is 17.0. The van der Waals surface area contributed by atoms with Crippen molar-refractivity contribution in [2.24, 2.45) is 0 Å². The number of rotatable bonds is 14. The van der Waals surface area contributed by atoms with Crippen LogP contribution in [0.1, 0.15) is 87.9 Å². The average molecular weight is 401 g/mol. The zero-order valence-electron chi connectivity index (χ0n) is 16.2. The summed E-state index contributed by atoms with van der Waals surface area (Å²) >= 11 is 0. The Morgan fingerprint density at radius 2 is 1.44 bits per heavy atom. The van der Waals surface area contributed by atoms with Gasteiger partial charge in [0.25, 0.3) is 10.1 Å². The molecule has 0 atom stereocenters. The Morgan fingerprint density at radius 1 is 0.926 bits per heavy atom. The second-order valence-electron chi connectivity index (χ2n) is 6.83. The predicted molar refractivity (Wildman–Crippen MR) is 105 cm³/mol. The summed E-state index contributed by atoms with van der Waals surface area (Å²) in [7, 11) is -4.44. The minimum absolute atomic E-state index is 0.214. The first-order chi connectivity index (χ1) is 12.9. The third-order valence-electron chi connectivity index (χ3n) is 4.47. The Hall–Kier alpha value is -1.60. The highest BCUT2D eigenvalue weighted by molar-refractivity contribution is 7.85. The van der Waals surface area contributed by atoms with Crippen LogP contribution in [0.2, 0.25) is 0 Å². The standard InChI is InChI=1S/C20H32O6S/c1-2-3-4-5-6-7-8-9-10-11-12-15-26-20(22)18-16-17(27(23,24)25)13-14-19(18)21/h13-14,16,21H,2-12,15H2,1H3,(H,23,24,25). The lowest BCUT2D eigenvalue weighted by Gasteiger charge is -2.07. The van der Waals surface area contributed by atoms with Gasteiger partial charge in [0, 0.05) is 0 Å². The third kappa shape index (κ3) is 9.77. The van der Waals surface area contributed by atoms with Crippen molar-refractivity contribution in [3.63, 3.8) is 0 Å². The maximum Gasteiger partial charge on any atom is 0.341 e. The van der Waals surface area contributed by atoms with E-state index in [1.165, 1.54) is 51.4 Å². The summed E-state index contributed by atoms with van der Waals surface area (Å²) in [5.41, 5.74) is -0.270. The molecule has 1 aromatic rings. The number of carbonyl (C=O) groups excluding carboxylic acids is 1. The molecule has 6 nitrogen and oxygen atoms in total. The minimum Gasteiger partial charge on any atom is -0.507 e. The topological polar surface area (TPSA) is 101 Å². The minimum atomic E-state index is -4.44. The van der Waals surface area contributed by atoms with Crippen molar-refractivity contribution in [2.75, 3.05) is 6.61 Å². The number of phenolic OH excluding ortho intramolecular Hbond substituents is 1. The molecule has 0 spiro atoms. The maximum atomic E-state index is 12.0. The van der Waals surface area contributed by atoms with E-state index in [2.05, 4.69) is 6.92 Å². The van der Waals surface area contributed by atoms with Crippen LogP contribution in [0.3, 0.4) is 0 Å². The van der Waals surface area contributed by atoms with Gasteiger partial charge in [-0.05, 0) is 24.6 Å². The number of hydrogen-bond acceptors (Lipinski definition) is 5. The van der Waals surface area contributed by atoms with Gasteiger partial charge in [0.05, 0.1) is 11.5 Å². The Morgan fingerprint density at radius 3 is 1.96 bits per heavy atom. The van der Waals surface area contributed by atoms with Crippen LogP contribution in [-0.2, 0) is 14.9 Å². The first kappa shape index (κ1) is 23.4. The van der Waals surface area contributed by atoms with Gasteiger partial charge in [-0.2, -0.15) is 8.42 Å². The second kappa shape index (κ2) is 12.7. The maximum absolute atomic E-state index is 12.0. The number of ether oxygens (including phenoxy) is 1. The molecule has 0 saturated carbocycles. The van der Waals surface area contributed by atoms with E-state index < -0.39 is 21.0 Å². The molecule has 0 aromatic heterocycles. The van der Waals surface area contributed by atoms with Gasteiger partial charge in [0.1, 0.15) is 11.3 Å². The van der Waals surface area contributed by atoms with E-state index in [-0.39, 0.29) is 17.9 Å². The van der Waals surface area contributed by atoms with Crippen LogP contribution in [0.4, 0.5) is 0 Å². The first-order valence-corrected chi connectivity index (χ1v) is 11.3. The Labute approximate surface area is 162 Å². The SMILES string of the molecule is CCCCCCCCCCCCCOC(=O)c1cc(S(=O)(=O)O)ccc1O. The van der Waals surface area contributed by atoms with Gasteiger partial charge < -0.3 is 9.84 Å². The molecule has 2 N–H and O–H groups in total. The van der Waals surface area contributed by atoms with E-state index in [4.69, 9.17) is 9.29 Å². The largest absolute Gasteiger partial charge is 0.507 e. The molecule has 0 fully saturated rings. The highest BCUT2D eigenvalue weighted by atomic mass is 32.2. The lowest BCUT2D eigenvalue weighted by molar-refractivity contribution is 0.0494. The van der Waals surface area contributed by atoms with Gasteiger partial charge in [-0.25, -0.2) is 4.79 Å². The smallest absolute Gasteiger partial charge is 0.341 e. The molecule has 27 heavy (non-hydrogen) atoms. The molecular weight excluding hydrogens is 368 g/mol. The summed E-state index contributed by atoms with van der Waals surface area (Å²) < 4.78 is 36.3. The first-order valence-electron chi connectivity index (χ1n) is 9.84. The van der Waals surface area contributed by atoms with Gasteiger partial charge in [-0.15, -0.1) is 0 Å². The number of unbranched alkanes of at least 4 members (excludes halogenated alkanes) is 10. The van der Waals surface area contributed by atoms with Gasteiger partial charge in [0.15, 0.2) is 0 Å². The molecule has 0 aliphatic carbocycles. The molecule has 0 aliphatic heterocycles. The van der Waals surface area contributed by atoms with E-state index >= 15 is 0 Å². The molecule has 1 rings (SSSR count). The number of esters is 1. The van der Waals surface area contributed by atoms with Crippen molar-refractivity contribution in [3.8, 4) is 5.75 Å². The molecule has 0 unspecified atom stereocenters. The van der Waals surface area contributed by atoms with E-state index in [0.717, 1.165) is 37.5 Å². The molecule has 0 radical (unpaired) electrons. The molecule has 154 valence electrons. The fraction of sp³-hybridized carbons (Fsp3) is 0.650. The van der Waals surface area contributed by atoms with Crippen LogP contribution >= 0.6 is 0 Å². The summed E-state index contributed by atoms with van der Waals surface area (Å²) in [6, 6.07) is 2.97. The van der Waals surface area contributed by atoms with Gasteiger partial charge >= 0.3 is 5.97 Å². The van der Waals surface area contributed by atoms with Crippen LogP contribution in [0.15, 0.2) is 23.1 Å². The Kier molecular flexibility index (Phi) is 11.0. The number of benzene rings is 1. The van der Waals surface area contributed by atoms with Crippen molar-refractivity contribution in [2.45, 2.75) is 82.4 Å². The fourth-order valence-electron chi connectivity index (χ4n) is 2.85. The van der Waals surface area contributed by atoms with Crippen LogP contribution in [0.25, 0.3) is 0 Å². The summed E-state index contributed by atoms with van der Waals surface area (Å²) in [5.74, 6) is -1.18. The van der Waals surface area contributed by atoms with Crippen LogP contribution < -0.4 is 0 Å². The molecule has 0 saturated heterocycles. The van der Waals surface area contributed by atoms with E-state index in [1.54, 1.807) is 0 Å². The van der Waals surface area contributed by atoms with Crippen molar-refractivity contribution >= 4 is 16.1 Å². The van der Waals surface area contributed by atoms with E-state index in [0.29, 0.717) is 0 Å². The summed E-state index contributed by atoms with van der Waals surface area (Å²) in [5, 5.41) is 9.69. The second-order valence-corrected chi connectivity index (χ2v) is 8.25. The summed E-state index contributed by atoms with van der Waals surface area (Å²) in [4.78, 5) is 11.5. The number of carbonyl (C=O) groups is 1. The van der Waals surface area contributed by atoms with Crippen molar-refractivity contribution < 1.29 is 27.6 Å². The van der Waals surface area contributed by atoms with Gasteiger partial charge in [-0.1, -0.05) is 71.1 Å². The van der Waals surface area contributed by atoms with Crippen molar-refractivity contribution in [3.05, 3.63) is 23.8 Å². The number of hydrogen-bond donors (Lipinski definition) is 2. The summed E-state index contributed by atoms with van der Waals surface area (Å²) in [6.07, 6.45) is 13.1. The molecule has 0 heterocycles. The predicted octanol–water partition coefficient (Wildman–Crippen LogP) is 5.11. The van der Waals surface area contributed by atoms with Crippen molar-refractivity contribution in [1.29, 1.82) is 0 Å². The average Bonchev–Trinajstić information content (AvgIpc) is 2.61. The third-order valence-corrected chi connectivity index (χ3v) is 5.32. The van der Waals surface area contributed by atoms with Gasteiger partial charge in [-0.3, -0.25) is 4.55 Å². The lowest BCUT2D eigenvalue weighted by Crippen LogP contribution is -2.08. The van der Waals surface area contributed by atoms with Crippen LogP contribution in [0.5, 0.6) is 5.75 Å². The normalized spacial score (nSPS) is 11.5. The molecule has 7 heteroatoms. The molecular formula is C20H32O6S. The zero-order chi connectivity index (χ0) is 20.1. The molecule has 0 amide bonds.